The lowest BCUT2D eigenvalue weighted by molar-refractivity contribution is 0.0960. The quantitative estimate of drug-likeness (QED) is 0.522. The van der Waals surface area contributed by atoms with Crippen LogP contribution in [0, 0.1) is 0 Å². The average Bonchev–Trinajstić information content (AvgIpc) is 3.48. The van der Waals surface area contributed by atoms with Crippen LogP contribution in [0.5, 0.6) is 0 Å². The van der Waals surface area contributed by atoms with Gasteiger partial charge in [0, 0.05) is 52.4 Å². The van der Waals surface area contributed by atoms with Gasteiger partial charge in [0.1, 0.15) is 12.0 Å². The van der Waals surface area contributed by atoms with E-state index in [0.29, 0.717) is 5.56 Å². The first-order chi connectivity index (χ1) is 13.3. The highest BCUT2D eigenvalue weighted by Gasteiger charge is 2.16. The van der Waals surface area contributed by atoms with E-state index in [0.717, 1.165) is 33.3 Å². The maximum Gasteiger partial charge on any atom is 0.263 e. The molecule has 1 N–H and O–H groups in total. The number of rotatable bonds is 3. The zero-order chi connectivity index (χ0) is 18.2. The van der Waals surface area contributed by atoms with Crippen molar-refractivity contribution < 1.29 is 9.21 Å². The Bertz CT molecular complexity index is 1230. The summed E-state index contributed by atoms with van der Waals surface area (Å²) >= 11 is 0. The number of imidazole rings is 1. The summed E-state index contributed by atoms with van der Waals surface area (Å²) in [5.74, 6) is -0.132. The molecule has 0 aliphatic heterocycles. The van der Waals surface area contributed by atoms with Gasteiger partial charge >= 0.3 is 0 Å². The minimum atomic E-state index is -0.132. The van der Waals surface area contributed by atoms with Gasteiger partial charge in [-0.15, -0.1) is 0 Å². The summed E-state index contributed by atoms with van der Waals surface area (Å²) in [6, 6.07) is 11.5. The van der Waals surface area contributed by atoms with Gasteiger partial charge in [-0.2, -0.15) is 0 Å². The number of fused-ring (bicyclic) bond motifs is 1. The van der Waals surface area contributed by atoms with E-state index in [1.807, 2.05) is 42.6 Å². The first-order valence-corrected chi connectivity index (χ1v) is 8.43. The first kappa shape index (κ1) is 15.3. The van der Waals surface area contributed by atoms with Gasteiger partial charge < -0.3 is 9.40 Å². The van der Waals surface area contributed by atoms with Gasteiger partial charge in [0.15, 0.2) is 0 Å². The largest absolute Gasteiger partial charge is 0.472 e. The summed E-state index contributed by atoms with van der Waals surface area (Å²) < 4.78 is 6.68. The average molecular weight is 354 g/mol. The molecule has 0 fully saturated rings. The fraction of sp³-hybridized carbons (Fsp3) is 0. The molecule has 0 aliphatic carbocycles. The lowest BCUT2D eigenvalue weighted by atomic mass is 9.98. The van der Waals surface area contributed by atoms with Crippen molar-refractivity contribution in [3.05, 3.63) is 85.6 Å². The summed E-state index contributed by atoms with van der Waals surface area (Å²) in [5.41, 5.74) is 5.06. The molecule has 130 valence electrons. The van der Waals surface area contributed by atoms with Gasteiger partial charge in [0.05, 0.1) is 12.5 Å². The number of carbonyl (C=O) groups is 1. The molecule has 1 aromatic carbocycles. The zero-order valence-corrected chi connectivity index (χ0v) is 14.2. The molecule has 5 rings (SSSR count). The van der Waals surface area contributed by atoms with E-state index < -0.39 is 0 Å². The van der Waals surface area contributed by atoms with Crippen LogP contribution in [0.25, 0.3) is 33.3 Å². The predicted octanol–water partition coefficient (Wildman–Crippen LogP) is 4.37. The molecule has 4 aromatic heterocycles. The highest BCUT2D eigenvalue weighted by molar-refractivity contribution is 6.03. The molecule has 0 saturated heterocycles. The van der Waals surface area contributed by atoms with Crippen LogP contribution < -0.4 is 0 Å². The number of pyridine rings is 1. The second-order valence-electron chi connectivity index (χ2n) is 6.16. The van der Waals surface area contributed by atoms with Crippen LogP contribution in [-0.4, -0.2) is 25.4 Å². The number of carbonyl (C=O) groups excluding carboxylic acids is 1. The van der Waals surface area contributed by atoms with Crippen LogP contribution in [0.3, 0.4) is 0 Å². The van der Waals surface area contributed by atoms with Crippen LogP contribution in [0.2, 0.25) is 0 Å². The summed E-state index contributed by atoms with van der Waals surface area (Å²) in [4.78, 5) is 24.5. The van der Waals surface area contributed by atoms with Crippen LogP contribution in [0.15, 0.2) is 84.5 Å². The Hall–Kier alpha value is -3.93. The van der Waals surface area contributed by atoms with Crippen molar-refractivity contribution in [2.45, 2.75) is 0 Å². The molecule has 0 spiro atoms. The molecule has 0 aliphatic rings. The van der Waals surface area contributed by atoms with Crippen molar-refractivity contribution in [3.63, 3.8) is 0 Å². The van der Waals surface area contributed by atoms with Crippen LogP contribution >= 0.6 is 0 Å². The lowest BCUT2D eigenvalue weighted by Crippen LogP contribution is -2.11. The maximum atomic E-state index is 12.9. The second-order valence-corrected chi connectivity index (χ2v) is 6.16. The van der Waals surface area contributed by atoms with Gasteiger partial charge in [-0.25, -0.2) is 9.97 Å². The van der Waals surface area contributed by atoms with Crippen molar-refractivity contribution in [2.24, 2.45) is 0 Å². The molecule has 27 heavy (non-hydrogen) atoms. The van der Waals surface area contributed by atoms with E-state index in [1.54, 1.807) is 31.1 Å². The SMILES string of the molecule is O=C(c1ccccc1-c1cnc2[nH]cc(-c3ccoc3)c2c1)n1ccnc1. The number of benzene rings is 1. The Morgan fingerprint density at radius 3 is 2.85 bits per heavy atom. The van der Waals surface area contributed by atoms with Gasteiger partial charge in [-0.3, -0.25) is 9.36 Å². The monoisotopic (exact) mass is 354 g/mol. The molecule has 0 unspecified atom stereocenters. The topological polar surface area (TPSA) is 76.7 Å². The van der Waals surface area contributed by atoms with Crippen LogP contribution in [0.1, 0.15) is 10.4 Å². The van der Waals surface area contributed by atoms with Crippen LogP contribution in [-0.2, 0) is 0 Å². The molecule has 0 atom stereocenters. The standard InChI is InChI=1S/C21H14N4O2/c26-21(25-7-6-22-13-25)17-4-2-1-3-16(17)15-9-18-19(14-5-8-27-12-14)11-24-20(18)23-10-15/h1-13H,(H,23,24). The van der Waals surface area contributed by atoms with Crippen molar-refractivity contribution in [2.75, 3.05) is 0 Å². The molecule has 5 aromatic rings. The molecular formula is C21H14N4O2. The van der Waals surface area contributed by atoms with Gasteiger partial charge in [-0.1, -0.05) is 18.2 Å². The third-order valence-electron chi connectivity index (χ3n) is 4.57. The van der Waals surface area contributed by atoms with Crippen molar-refractivity contribution in [1.29, 1.82) is 0 Å². The molecule has 0 bridgehead atoms. The summed E-state index contributed by atoms with van der Waals surface area (Å²) in [5, 5.41) is 0.971. The first-order valence-electron chi connectivity index (χ1n) is 8.43. The van der Waals surface area contributed by atoms with Crippen molar-refractivity contribution >= 4 is 16.9 Å². The molecule has 0 amide bonds. The van der Waals surface area contributed by atoms with E-state index in [2.05, 4.69) is 15.0 Å². The van der Waals surface area contributed by atoms with Gasteiger partial charge in [-0.05, 0) is 23.8 Å². The smallest absolute Gasteiger partial charge is 0.263 e. The highest BCUT2D eigenvalue weighted by atomic mass is 16.3. The molecular weight excluding hydrogens is 340 g/mol. The predicted molar refractivity (Wildman–Crippen MR) is 101 cm³/mol. The van der Waals surface area contributed by atoms with Crippen molar-refractivity contribution in [3.8, 4) is 22.3 Å². The van der Waals surface area contributed by atoms with E-state index in [1.165, 1.54) is 10.9 Å². The molecule has 0 radical (unpaired) electrons. The number of aromatic amines is 1. The van der Waals surface area contributed by atoms with Gasteiger partial charge in [0.25, 0.3) is 5.91 Å². The third-order valence-corrected chi connectivity index (χ3v) is 4.57. The normalized spacial score (nSPS) is 11.1. The van der Waals surface area contributed by atoms with E-state index >= 15 is 0 Å². The number of nitrogens with zero attached hydrogens (tertiary/aromatic N) is 3. The lowest BCUT2D eigenvalue weighted by Gasteiger charge is -2.09. The maximum absolute atomic E-state index is 12.9. The summed E-state index contributed by atoms with van der Waals surface area (Å²) in [7, 11) is 0. The third kappa shape index (κ3) is 2.55. The van der Waals surface area contributed by atoms with Crippen LogP contribution in [0.4, 0.5) is 0 Å². The Kier molecular flexibility index (Phi) is 3.47. The number of hydrogen-bond donors (Lipinski definition) is 1. The minimum Gasteiger partial charge on any atom is -0.472 e. The Balaban J connectivity index is 1.66. The number of H-pyrrole nitrogens is 1. The molecule has 6 nitrogen and oxygen atoms in total. The van der Waals surface area contributed by atoms with E-state index in [4.69, 9.17) is 4.42 Å². The summed E-state index contributed by atoms with van der Waals surface area (Å²) in [6.07, 6.45) is 11.8. The molecule has 4 heterocycles. The number of nitrogens with one attached hydrogen (secondary N) is 1. The summed E-state index contributed by atoms with van der Waals surface area (Å²) in [6.45, 7) is 0. The zero-order valence-electron chi connectivity index (χ0n) is 14.2. The fourth-order valence-electron chi connectivity index (χ4n) is 3.25. The number of furan rings is 1. The Morgan fingerprint density at radius 2 is 2.04 bits per heavy atom. The van der Waals surface area contributed by atoms with E-state index in [-0.39, 0.29) is 5.91 Å². The van der Waals surface area contributed by atoms with Crippen molar-refractivity contribution in [1.82, 2.24) is 19.5 Å². The Morgan fingerprint density at radius 1 is 1.11 bits per heavy atom. The highest BCUT2D eigenvalue weighted by Crippen LogP contribution is 2.32. The van der Waals surface area contributed by atoms with Gasteiger partial charge in [0.2, 0.25) is 0 Å². The van der Waals surface area contributed by atoms with E-state index in [9.17, 15) is 4.79 Å². The fourth-order valence-corrected chi connectivity index (χ4v) is 3.25. The minimum absolute atomic E-state index is 0.132. The number of aromatic nitrogens is 4. The molecule has 6 heteroatoms. The second kappa shape index (κ2) is 6.10. The Labute approximate surface area is 154 Å². The number of hydrogen-bond acceptors (Lipinski definition) is 4. The molecule has 0 saturated carbocycles.